The summed E-state index contributed by atoms with van der Waals surface area (Å²) in [5.74, 6) is 0.333. The van der Waals surface area contributed by atoms with Crippen molar-refractivity contribution in [3.05, 3.63) is 71.1 Å². The summed E-state index contributed by atoms with van der Waals surface area (Å²) in [6, 6.07) is 18.7. The molecule has 0 saturated carbocycles. The Morgan fingerprint density at radius 3 is 2.23 bits per heavy atom. The van der Waals surface area contributed by atoms with Crippen LogP contribution in [0, 0.1) is 0 Å². The van der Waals surface area contributed by atoms with E-state index in [0.717, 1.165) is 16.8 Å². The van der Waals surface area contributed by atoms with Gasteiger partial charge in [-0.2, -0.15) is 0 Å². The highest BCUT2D eigenvalue weighted by Gasteiger charge is 2.08. The zero-order valence-corrected chi connectivity index (χ0v) is 12.5. The molecule has 0 amide bonds. The van der Waals surface area contributed by atoms with Crippen molar-refractivity contribution in [2.45, 2.75) is 0 Å². The van der Waals surface area contributed by atoms with Gasteiger partial charge in [-0.15, -0.1) is 0 Å². The standard InChI is InChI=1S/C18H16N2O2/c1-20(2)15-10-8-13(9-11-15)16-12-17(21)22-18(19-16)14-6-4-3-5-7-14/h3-12H,1-2H3. The normalized spacial score (nSPS) is 10.5. The van der Waals surface area contributed by atoms with Crippen LogP contribution in [0.3, 0.4) is 0 Å². The van der Waals surface area contributed by atoms with Crippen LogP contribution >= 0.6 is 0 Å². The Labute approximate surface area is 128 Å². The maximum absolute atomic E-state index is 11.8. The lowest BCUT2D eigenvalue weighted by Gasteiger charge is -2.12. The Bertz CT molecular complexity index is 822. The molecule has 0 unspecified atom stereocenters. The zero-order valence-electron chi connectivity index (χ0n) is 12.5. The first-order chi connectivity index (χ1) is 10.6. The molecule has 22 heavy (non-hydrogen) atoms. The molecule has 3 aromatic rings. The van der Waals surface area contributed by atoms with E-state index < -0.39 is 5.63 Å². The van der Waals surface area contributed by atoms with Gasteiger partial charge in [-0.3, -0.25) is 0 Å². The molecule has 0 radical (unpaired) electrons. The SMILES string of the molecule is CN(C)c1ccc(-c2cc(=O)oc(-c3ccccc3)n2)cc1. The first kappa shape index (κ1) is 14.1. The van der Waals surface area contributed by atoms with Crippen LogP contribution in [0.15, 0.2) is 69.9 Å². The molecule has 3 rings (SSSR count). The van der Waals surface area contributed by atoms with E-state index in [0.29, 0.717) is 11.6 Å². The highest BCUT2D eigenvalue weighted by Crippen LogP contribution is 2.22. The fraction of sp³-hybridized carbons (Fsp3) is 0.111. The largest absolute Gasteiger partial charge is 0.404 e. The summed E-state index contributed by atoms with van der Waals surface area (Å²) in [5.41, 5.74) is 2.97. The molecule has 4 heteroatoms. The van der Waals surface area contributed by atoms with Crippen LogP contribution < -0.4 is 10.5 Å². The molecule has 2 aromatic carbocycles. The molecule has 1 aromatic heterocycles. The monoisotopic (exact) mass is 292 g/mol. The molecule has 0 atom stereocenters. The van der Waals surface area contributed by atoms with Crippen LogP contribution in [0.25, 0.3) is 22.7 Å². The average Bonchev–Trinajstić information content (AvgIpc) is 2.55. The Morgan fingerprint density at radius 1 is 0.909 bits per heavy atom. The molecule has 1 heterocycles. The van der Waals surface area contributed by atoms with E-state index in [1.807, 2.05) is 73.6 Å². The Morgan fingerprint density at radius 2 is 1.59 bits per heavy atom. The van der Waals surface area contributed by atoms with Gasteiger partial charge in [0.05, 0.1) is 11.8 Å². The third kappa shape index (κ3) is 2.91. The number of hydrogen-bond acceptors (Lipinski definition) is 4. The molecular weight excluding hydrogens is 276 g/mol. The van der Waals surface area contributed by atoms with Crippen LogP contribution in [0.4, 0.5) is 5.69 Å². The van der Waals surface area contributed by atoms with Crippen molar-refractivity contribution >= 4 is 5.69 Å². The van der Waals surface area contributed by atoms with Gasteiger partial charge in [0.2, 0.25) is 5.89 Å². The summed E-state index contributed by atoms with van der Waals surface area (Å²) < 4.78 is 5.21. The highest BCUT2D eigenvalue weighted by atomic mass is 16.4. The van der Waals surface area contributed by atoms with Crippen LogP contribution in [0.5, 0.6) is 0 Å². The van der Waals surface area contributed by atoms with Crippen LogP contribution in [-0.4, -0.2) is 19.1 Å². The molecule has 0 aliphatic rings. The van der Waals surface area contributed by atoms with Gasteiger partial charge in [-0.05, 0) is 24.3 Å². The first-order valence-electron chi connectivity index (χ1n) is 6.99. The minimum Gasteiger partial charge on any atom is -0.404 e. The molecule has 0 saturated heterocycles. The Hall–Kier alpha value is -2.88. The number of rotatable bonds is 3. The topological polar surface area (TPSA) is 46.3 Å². The second-order valence-corrected chi connectivity index (χ2v) is 5.17. The van der Waals surface area contributed by atoms with E-state index in [4.69, 9.17) is 4.42 Å². The summed E-state index contributed by atoms with van der Waals surface area (Å²) >= 11 is 0. The van der Waals surface area contributed by atoms with Crippen LogP contribution in [0.2, 0.25) is 0 Å². The van der Waals surface area contributed by atoms with Crippen molar-refractivity contribution in [1.29, 1.82) is 0 Å². The molecule has 0 aliphatic carbocycles. The molecule has 0 bridgehead atoms. The minimum absolute atomic E-state index is 0.333. The van der Waals surface area contributed by atoms with Gasteiger partial charge in [-0.25, -0.2) is 9.78 Å². The van der Waals surface area contributed by atoms with Gasteiger partial charge in [0.15, 0.2) is 0 Å². The van der Waals surface area contributed by atoms with E-state index >= 15 is 0 Å². The molecule has 0 fully saturated rings. The average molecular weight is 292 g/mol. The van der Waals surface area contributed by atoms with E-state index in [2.05, 4.69) is 4.98 Å². The highest BCUT2D eigenvalue weighted by molar-refractivity contribution is 5.64. The number of benzene rings is 2. The maximum atomic E-state index is 11.8. The predicted molar refractivity (Wildman–Crippen MR) is 88.0 cm³/mol. The van der Waals surface area contributed by atoms with E-state index in [-0.39, 0.29) is 0 Å². The summed E-state index contributed by atoms with van der Waals surface area (Å²) in [5, 5.41) is 0. The van der Waals surface area contributed by atoms with Gasteiger partial charge in [0.1, 0.15) is 0 Å². The van der Waals surface area contributed by atoms with Gasteiger partial charge >= 0.3 is 5.63 Å². The second-order valence-electron chi connectivity index (χ2n) is 5.17. The van der Waals surface area contributed by atoms with Crippen molar-refractivity contribution in [1.82, 2.24) is 4.98 Å². The van der Waals surface area contributed by atoms with E-state index in [1.54, 1.807) is 0 Å². The third-order valence-electron chi connectivity index (χ3n) is 3.37. The van der Waals surface area contributed by atoms with Crippen molar-refractivity contribution in [2.24, 2.45) is 0 Å². The molecule has 110 valence electrons. The fourth-order valence-electron chi connectivity index (χ4n) is 2.18. The zero-order chi connectivity index (χ0) is 15.5. The summed E-state index contributed by atoms with van der Waals surface area (Å²) in [6.45, 7) is 0. The minimum atomic E-state index is -0.402. The van der Waals surface area contributed by atoms with Gasteiger partial charge in [0.25, 0.3) is 0 Å². The van der Waals surface area contributed by atoms with Crippen molar-refractivity contribution in [3.63, 3.8) is 0 Å². The summed E-state index contributed by atoms with van der Waals surface area (Å²) in [7, 11) is 3.97. The third-order valence-corrected chi connectivity index (χ3v) is 3.37. The molecule has 0 aliphatic heterocycles. The van der Waals surface area contributed by atoms with Crippen LogP contribution in [0.1, 0.15) is 0 Å². The quantitative estimate of drug-likeness (QED) is 0.742. The second kappa shape index (κ2) is 5.85. The van der Waals surface area contributed by atoms with Crippen LogP contribution in [-0.2, 0) is 0 Å². The van der Waals surface area contributed by atoms with Crippen molar-refractivity contribution in [3.8, 4) is 22.7 Å². The summed E-state index contributed by atoms with van der Waals surface area (Å²) in [6.07, 6.45) is 0. The lowest BCUT2D eigenvalue weighted by atomic mass is 10.1. The predicted octanol–water partition coefficient (Wildman–Crippen LogP) is 3.43. The van der Waals surface area contributed by atoms with Gasteiger partial charge in [-0.1, -0.05) is 30.3 Å². The van der Waals surface area contributed by atoms with Crippen molar-refractivity contribution in [2.75, 3.05) is 19.0 Å². The number of aromatic nitrogens is 1. The summed E-state index contributed by atoms with van der Waals surface area (Å²) in [4.78, 5) is 18.3. The van der Waals surface area contributed by atoms with Gasteiger partial charge in [0, 0.05) is 30.9 Å². The molecule has 4 nitrogen and oxygen atoms in total. The lowest BCUT2D eigenvalue weighted by molar-refractivity contribution is 0.508. The van der Waals surface area contributed by atoms with Crippen molar-refractivity contribution < 1.29 is 4.42 Å². The number of anilines is 1. The molecule has 0 spiro atoms. The molecular formula is C18H16N2O2. The molecule has 0 N–H and O–H groups in total. The van der Waals surface area contributed by atoms with E-state index in [1.165, 1.54) is 6.07 Å². The number of hydrogen-bond donors (Lipinski definition) is 0. The maximum Gasteiger partial charge on any atom is 0.339 e. The number of nitrogens with zero attached hydrogens (tertiary/aromatic N) is 2. The first-order valence-corrected chi connectivity index (χ1v) is 6.99. The Kier molecular flexibility index (Phi) is 3.74. The Balaban J connectivity index is 2.04. The smallest absolute Gasteiger partial charge is 0.339 e. The fourth-order valence-corrected chi connectivity index (χ4v) is 2.18. The van der Waals surface area contributed by atoms with Gasteiger partial charge < -0.3 is 9.32 Å². The lowest BCUT2D eigenvalue weighted by Crippen LogP contribution is -2.08. The van der Waals surface area contributed by atoms with E-state index in [9.17, 15) is 4.79 Å².